The van der Waals surface area contributed by atoms with Gasteiger partial charge in [0.2, 0.25) is 5.91 Å². The highest BCUT2D eigenvalue weighted by Crippen LogP contribution is 2.28. The molecule has 0 bridgehead atoms. The number of carbonyl (C=O) groups is 1. The van der Waals surface area contributed by atoms with Gasteiger partial charge in [-0.15, -0.1) is 0 Å². The second kappa shape index (κ2) is 6.03. The molecule has 124 valence electrons. The number of rotatable bonds is 2. The van der Waals surface area contributed by atoms with Crippen LogP contribution < -0.4 is 10.6 Å². The molecule has 2 N–H and O–H groups in total. The molecule has 0 aromatic carbocycles. The van der Waals surface area contributed by atoms with Crippen molar-refractivity contribution in [2.45, 2.75) is 65.3 Å². The Bertz CT molecular complexity index is 528. The molecule has 5 heteroatoms. The van der Waals surface area contributed by atoms with Crippen molar-refractivity contribution in [2.24, 2.45) is 5.92 Å². The third-order valence-electron chi connectivity index (χ3n) is 4.03. The second-order valence-electron chi connectivity index (χ2n) is 8.28. The van der Waals surface area contributed by atoms with Gasteiger partial charge in [-0.05, 0) is 40.2 Å². The Morgan fingerprint density at radius 2 is 2.00 bits per heavy atom. The number of carbonyl (C=O) groups excluding carboxylic acids is 1. The summed E-state index contributed by atoms with van der Waals surface area (Å²) in [5, 5.41) is 11.1. The number of piperidine rings is 1. The first-order chi connectivity index (χ1) is 10.1. The van der Waals surface area contributed by atoms with E-state index in [4.69, 9.17) is 5.10 Å². The monoisotopic (exact) mass is 306 g/mol. The first-order valence-corrected chi connectivity index (χ1v) is 8.21. The molecule has 1 aliphatic rings. The molecule has 1 aliphatic heterocycles. The SMILES string of the molecule is CC(C)(C)c1cc(NC(=O)C2CCCNC2)n(C(C)(C)C)n1. The molecule has 2 rings (SSSR count). The first-order valence-electron chi connectivity index (χ1n) is 8.21. The molecule has 5 nitrogen and oxygen atoms in total. The van der Waals surface area contributed by atoms with Crippen LogP contribution in [0.25, 0.3) is 0 Å². The molecule has 0 saturated carbocycles. The topological polar surface area (TPSA) is 59.0 Å². The van der Waals surface area contributed by atoms with Crippen molar-refractivity contribution in [3.05, 3.63) is 11.8 Å². The average Bonchev–Trinajstić information content (AvgIpc) is 2.83. The van der Waals surface area contributed by atoms with Gasteiger partial charge in [0, 0.05) is 18.0 Å². The molecule has 1 fully saturated rings. The van der Waals surface area contributed by atoms with E-state index in [1.165, 1.54) is 0 Å². The summed E-state index contributed by atoms with van der Waals surface area (Å²) in [6.07, 6.45) is 2.01. The van der Waals surface area contributed by atoms with Crippen molar-refractivity contribution in [1.29, 1.82) is 0 Å². The van der Waals surface area contributed by atoms with Gasteiger partial charge in [0.05, 0.1) is 17.2 Å². The highest BCUT2D eigenvalue weighted by Gasteiger charge is 2.27. The van der Waals surface area contributed by atoms with E-state index in [0.29, 0.717) is 0 Å². The van der Waals surface area contributed by atoms with E-state index in [2.05, 4.69) is 52.2 Å². The van der Waals surface area contributed by atoms with Gasteiger partial charge in [-0.25, -0.2) is 4.68 Å². The van der Waals surface area contributed by atoms with Crippen LogP contribution in [0.4, 0.5) is 5.82 Å². The molecule has 0 aliphatic carbocycles. The Morgan fingerprint density at radius 3 is 2.50 bits per heavy atom. The molecule has 1 aromatic rings. The fraction of sp³-hybridized carbons (Fsp3) is 0.765. The lowest BCUT2D eigenvalue weighted by Crippen LogP contribution is -2.38. The Labute approximate surface area is 133 Å². The van der Waals surface area contributed by atoms with Gasteiger partial charge >= 0.3 is 0 Å². The van der Waals surface area contributed by atoms with Crippen molar-refractivity contribution in [3.8, 4) is 0 Å². The zero-order valence-electron chi connectivity index (χ0n) is 14.8. The lowest BCUT2D eigenvalue weighted by atomic mass is 9.92. The second-order valence-corrected chi connectivity index (χ2v) is 8.28. The molecule has 0 spiro atoms. The summed E-state index contributed by atoms with van der Waals surface area (Å²) in [6, 6.07) is 2.01. The van der Waals surface area contributed by atoms with Crippen LogP contribution in [0.3, 0.4) is 0 Å². The third-order valence-corrected chi connectivity index (χ3v) is 4.03. The van der Waals surface area contributed by atoms with E-state index in [0.717, 1.165) is 37.4 Å². The number of hydrogen-bond acceptors (Lipinski definition) is 3. The fourth-order valence-electron chi connectivity index (χ4n) is 2.65. The number of anilines is 1. The summed E-state index contributed by atoms with van der Waals surface area (Å²) in [4.78, 5) is 12.5. The summed E-state index contributed by atoms with van der Waals surface area (Å²) >= 11 is 0. The lowest BCUT2D eigenvalue weighted by molar-refractivity contribution is -0.120. The van der Waals surface area contributed by atoms with Crippen LogP contribution in [-0.4, -0.2) is 28.8 Å². The van der Waals surface area contributed by atoms with E-state index < -0.39 is 0 Å². The number of hydrogen-bond donors (Lipinski definition) is 2. The van der Waals surface area contributed by atoms with Gasteiger partial charge in [0.15, 0.2) is 0 Å². The summed E-state index contributed by atoms with van der Waals surface area (Å²) in [5.41, 5.74) is 0.791. The van der Waals surface area contributed by atoms with Crippen LogP contribution in [0.2, 0.25) is 0 Å². The maximum Gasteiger partial charge on any atom is 0.229 e. The average molecular weight is 306 g/mol. The highest BCUT2D eigenvalue weighted by molar-refractivity contribution is 5.92. The molecule has 0 radical (unpaired) electrons. The van der Waals surface area contributed by atoms with Gasteiger partial charge < -0.3 is 10.6 Å². The minimum Gasteiger partial charge on any atom is -0.316 e. The van der Waals surface area contributed by atoms with E-state index in [-0.39, 0.29) is 22.8 Å². The largest absolute Gasteiger partial charge is 0.316 e. The zero-order valence-corrected chi connectivity index (χ0v) is 14.8. The Kier molecular flexibility index (Phi) is 4.66. The van der Waals surface area contributed by atoms with E-state index in [1.807, 2.05) is 10.7 Å². The molecule has 1 amide bonds. The van der Waals surface area contributed by atoms with Gasteiger partial charge in [0.1, 0.15) is 5.82 Å². The molecule has 2 heterocycles. The summed E-state index contributed by atoms with van der Waals surface area (Å²) in [5.74, 6) is 0.946. The van der Waals surface area contributed by atoms with Crippen LogP contribution in [0.1, 0.15) is 60.1 Å². The fourth-order valence-corrected chi connectivity index (χ4v) is 2.65. The predicted molar refractivity (Wildman–Crippen MR) is 90.1 cm³/mol. The van der Waals surface area contributed by atoms with Crippen LogP contribution in [0.5, 0.6) is 0 Å². The molecule has 22 heavy (non-hydrogen) atoms. The van der Waals surface area contributed by atoms with Gasteiger partial charge in [0.25, 0.3) is 0 Å². The number of nitrogens with one attached hydrogen (secondary N) is 2. The van der Waals surface area contributed by atoms with Crippen molar-refractivity contribution < 1.29 is 4.79 Å². The third kappa shape index (κ3) is 3.88. The standard InChI is InChI=1S/C17H30N4O/c1-16(2,3)13-10-14(21(20-13)17(4,5)6)19-15(22)12-8-7-9-18-11-12/h10,12,18H,7-9,11H2,1-6H3,(H,19,22). The summed E-state index contributed by atoms with van der Waals surface area (Å²) in [7, 11) is 0. The Hall–Kier alpha value is -1.36. The summed E-state index contributed by atoms with van der Waals surface area (Å²) < 4.78 is 1.93. The maximum absolute atomic E-state index is 12.5. The van der Waals surface area contributed by atoms with Crippen molar-refractivity contribution in [2.75, 3.05) is 18.4 Å². The number of nitrogens with zero attached hydrogens (tertiary/aromatic N) is 2. The number of aromatic nitrogens is 2. The van der Waals surface area contributed by atoms with Gasteiger partial charge in [-0.1, -0.05) is 20.8 Å². The smallest absolute Gasteiger partial charge is 0.229 e. The zero-order chi connectivity index (χ0) is 16.5. The van der Waals surface area contributed by atoms with Crippen LogP contribution in [-0.2, 0) is 15.7 Å². The van der Waals surface area contributed by atoms with E-state index in [1.54, 1.807) is 0 Å². The molecular formula is C17H30N4O. The van der Waals surface area contributed by atoms with Gasteiger partial charge in [-0.2, -0.15) is 5.10 Å². The van der Waals surface area contributed by atoms with Crippen LogP contribution >= 0.6 is 0 Å². The van der Waals surface area contributed by atoms with E-state index in [9.17, 15) is 4.79 Å². The minimum absolute atomic E-state index is 0.0393. The van der Waals surface area contributed by atoms with Crippen LogP contribution in [0, 0.1) is 5.92 Å². The minimum atomic E-state index is -0.170. The molecule has 1 atom stereocenters. The van der Waals surface area contributed by atoms with Gasteiger partial charge in [-0.3, -0.25) is 4.79 Å². The predicted octanol–water partition coefficient (Wildman–Crippen LogP) is 2.87. The lowest BCUT2D eigenvalue weighted by Gasteiger charge is -2.25. The molecule has 1 aromatic heterocycles. The maximum atomic E-state index is 12.5. The Balaban J connectivity index is 2.25. The number of amides is 1. The highest BCUT2D eigenvalue weighted by atomic mass is 16.2. The quantitative estimate of drug-likeness (QED) is 0.883. The first kappa shape index (κ1) is 17.0. The normalized spacial score (nSPS) is 20.0. The van der Waals surface area contributed by atoms with Crippen LogP contribution in [0.15, 0.2) is 6.07 Å². The van der Waals surface area contributed by atoms with Crippen molar-refractivity contribution >= 4 is 11.7 Å². The summed E-state index contributed by atoms with van der Waals surface area (Å²) in [6.45, 7) is 14.5. The molecule has 1 saturated heterocycles. The van der Waals surface area contributed by atoms with Crippen molar-refractivity contribution in [3.63, 3.8) is 0 Å². The van der Waals surface area contributed by atoms with E-state index >= 15 is 0 Å². The van der Waals surface area contributed by atoms with Crippen molar-refractivity contribution in [1.82, 2.24) is 15.1 Å². The Morgan fingerprint density at radius 1 is 1.32 bits per heavy atom. The molecular weight excluding hydrogens is 276 g/mol. The molecule has 1 unspecified atom stereocenters.